The van der Waals surface area contributed by atoms with Gasteiger partial charge in [-0.05, 0) is 63.9 Å². The number of amides is 1. The van der Waals surface area contributed by atoms with E-state index in [1.165, 1.54) is 4.31 Å². The topological polar surface area (TPSA) is 84.3 Å². The Kier molecular flexibility index (Phi) is 7.57. The number of rotatable bonds is 7. The molecule has 0 aliphatic carbocycles. The third-order valence-corrected chi connectivity index (χ3v) is 8.09. The van der Waals surface area contributed by atoms with Gasteiger partial charge in [0.1, 0.15) is 5.82 Å². The molecule has 0 saturated heterocycles. The van der Waals surface area contributed by atoms with Gasteiger partial charge in [-0.15, -0.1) is 0 Å². The quantitative estimate of drug-likeness (QED) is 0.491. The number of nitrogens with zero attached hydrogens (tertiary/aromatic N) is 3. The van der Waals surface area contributed by atoms with E-state index in [1.54, 1.807) is 42.8 Å². The third kappa shape index (κ3) is 5.82. The Labute approximate surface area is 209 Å². The van der Waals surface area contributed by atoms with E-state index in [1.807, 2.05) is 45.0 Å². The molecule has 1 N–H and O–H groups in total. The Morgan fingerprint density at radius 2 is 1.69 bits per heavy atom. The number of hydrogen-bond donors (Lipinski definition) is 1. The van der Waals surface area contributed by atoms with E-state index in [9.17, 15) is 13.2 Å². The van der Waals surface area contributed by atoms with Gasteiger partial charge in [0, 0.05) is 17.5 Å². The fraction of sp³-hybridized carbons (Fsp3) is 0.407. The molecule has 8 heteroatoms. The molecule has 0 unspecified atom stereocenters. The fourth-order valence-corrected chi connectivity index (χ4v) is 5.29. The SMILES string of the molecule is Cc1ccc(S(=O)(=O)N(CC(=O)Nc2cc(C(C)(C)C)nn2-c2cccc(C)c2C)C(C)C)cc1. The van der Waals surface area contributed by atoms with E-state index in [4.69, 9.17) is 5.10 Å². The molecule has 1 aromatic heterocycles. The summed E-state index contributed by atoms with van der Waals surface area (Å²) in [6, 6.07) is 14.0. The van der Waals surface area contributed by atoms with Crippen molar-refractivity contribution in [2.45, 2.75) is 71.7 Å². The van der Waals surface area contributed by atoms with Crippen molar-refractivity contribution < 1.29 is 13.2 Å². The van der Waals surface area contributed by atoms with Gasteiger partial charge in [0.25, 0.3) is 0 Å². The third-order valence-electron chi connectivity index (χ3n) is 6.05. The molecule has 1 amide bonds. The standard InChI is InChI=1S/C27H36N4O3S/c1-18(2)30(35(33,34)22-14-12-19(3)13-15-22)17-26(32)28-25-16-24(27(6,7)8)29-31(25)23-11-9-10-20(4)21(23)5/h9-16,18H,17H2,1-8H3,(H,28,32). The van der Waals surface area contributed by atoms with Crippen molar-refractivity contribution in [3.8, 4) is 5.69 Å². The van der Waals surface area contributed by atoms with Crippen LogP contribution in [0.3, 0.4) is 0 Å². The van der Waals surface area contributed by atoms with Crippen LogP contribution in [0.2, 0.25) is 0 Å². The zero-order chi connectivity index (χ0) is 26.1. The highest BCUT2D eigenvalue weighted by molar-refractivity contribution is 7.89. The van der Waals surface area contributed by atoms with Gasteiger partial charge >= 0.3 is 0 Å². The Bertz CT molecular complexity index is 1320. The average Bonchev–Trinajstić information content (AvgIpc) is 3.18. The number of anilines is 1. The molecule has 35 heavy (non-hydrogen) atoms. The maximum atomic E-state index is 13.3. The summed E-state index contributed by atoms with van der Waals surface area (Å²) in [5.74, 6) is 0.0753. The molecule has 2 aromatic carbocycles. The maximum absolute atomic E-state index is 13.3. The normalized spacial score (nSPS) is 12.4. The lowest BCUT2D eigenvalue weighted by atomic mass is 9.92. The van der Waals surface area contributed by atoms with Crippen LogP contribution in [-0.4, -0.2) is 41.0 Å². The highest BCUT2D eigenvalue weighted by Gasteiger charge is 2.30. The monoisotopic (exact) mass is 496 g/mol. The molecule has 0 saturated carbocycles. The predicted molar refractivity (Wildman–Crippen MR) is 141 cm³/mol. The second-order valence-corrected chi connectivity index (χ2v) is 12.2. The summed E-state index contributed by atoms with van der Waals surface area (Å²) in [6.07, 6.45) is 0. The van der Waals surface area contributed by atoms with Crippen LogP contribution in [0.5, 0.6) is 0 Å². The fourth-order valence-electron chi connectivity index (χ4n) is 3.70. The van der Waals surface area contributed by atoms with E-state index < -0.39 is 22.0 Å². The van der Waals surface area contributed by atoms with Crippen molar-refractivity contribution in [1.29, 1.82) is 0 Å². The number of carbonyl (C=O) groups excluding carboxylic acids is 1. The minimum absolute atomic E-state index is 0.167. The summed E-state index contributed by atoms with van der Waals surface area (Å²) in [5.41, 5.74) is 4.58. The molecule has 0 fully saturated rings. The summed E-state index contributed by atoms with van der Waals surface area (Å²) in [4.78, 5) is 13.4. The molecule has 0 bridgehead atoms. The summed E-state index contributed by atoms with van der Waals surface area (Å²) < 4.78 is 29.6. The van der Waals surface area contributed by atoms with Crippen LogP contribution in [0.1, 0.15) is 57.0 Å². The summed E-state index contributed by atoms with van der Waals surface area (Å²) >= 11 is 0. The Balaban J connectivity index is 1.95. The van der Waals surface area contributed by atoms with Gasteiger partial charge < -0.3 is 5.32 Å². The molecule has 0 spiro atoms. The van der Waals surface area contributed by atoms with E-state index in [2.05, 4.69) is 26.1 Å². The summed E-state index contributed by atoms with van der Waals surface area (Å²) in [5, 5.41) is 7.72. The van der Waals surface area contributed by atoms with Gasteiger partial charge in [-0.2, -0.15) is 9.40 Å². The van der Waals surface area contributed by atoms with Crippen LogP contribution in [0, 0.1) is 20.8 Å². The van der Waals surface area contributed by atoms with Gasteiger partial charge in [0.15, 0.2) is 0 Å². The van der Waals surface area contributed by atoms with Crippen molar-refractivity contribution in [1.82, 2.24) is 14.1 Å². The van der Waals surface area contributed by atoms with Crippen LogP contribution < -0.4 is 5.32 Å². The van der Waals surface area contributed by atoms with E-state index in [0.717, 1.165) is 28.1 Å². The van der Waals surface area contributed by atoms with Gasteiger partial charge in [-0.25, -0.2) is 13.1 Å². The zero-order valence-electron chi connectivity index (χ0n) is 21.9. The minimum Gasteiger partial charge on any atom is -0.309 e. The summed E-state index contributed by atoms with van der Waals surface area (Å²) in [7, 11) is -3.85. The number of sulfonamides is 1. The first-order valence-electron chi connectivity index (χ1n) is 11.8. The molecule has 0 aliphatic heterocycles. The van der Waals surface area contributed by atoms with Crippen molar-refractivity contribution in [3.63, 3.8) is 0 Å². The second kappa shape index (κ2) is 9.95. The van der Waals surface area contributed by atoms with Crippen LogP contribution in [0.4, 0.5) is 5.82 Å². The Hall–Kier alpha value is -2.97. The molecule has 3 aromatic rings. The molecule has 3 rings (SSSR count). The van der Waals surface area contributed by atoms with Crippen molar-refractivity contribution in [2.75, 3.05) is 11.9 Å². The van der Waals surface area contributed by atoms with E-state index in [0.29, 0.717) is 5.82 Å². The highest BCUT2D eigenvalue weighted by Crippen LogP contribution is 2.28. The first-order chi connectivity index (χ1) is 16.2. The molecule has 0 aliphatic rings. The molecular weight excluding hydrogens is 460 g/mol. The number of carbonyl (C=O) groups is 1. The molecular formula is C27H36N4O3S. The smallest absolute Gasteiger partial charge is 0.243 e. The van der Waals surface area contributed by atoms with E-state index in [-0.39, 0.29) is 16.9 Å². The van der Waals surface area contributed by atoms with Crippen molar-refractivity contribution in [2.24, 2.45) is 0 Å². The molecule has 188 valence electrons. The minimum atomic E-state index is -3.85. The number of aryl methyl sites for hydroxylation is 2. The average molecular weight is 497 g/mol. The lowest BCUT2D eigenvalue weighted by molar-refractivity contribution is -0.116. The second-order valence-electron chi connectivity index (χ2n) is 10.3. The Morgan fingerprint density at radius 3 is 2.26 bits per heavy atom. The predicted octanol–water partition coefficient (Wildman–Crippen LogP) is 5.13. The lowest BCUT2D eigenvalue weighted by Gasteiger charge is -2.25. The number of aromatic nitrogens is 2. The maximum Gasteiger partial charge on any atom is 0.243 e. The lowest BCUT2D eigenvalue weighted by Crippen LogP contribution is -2.42. The number of nitrogens with one attached hydrogen (secondary N) is 1. The number of hydrogen-bond acceptors (Lipinski definition) is 4. The molecule has 0 atom stereocenters. The van der Waals surface area contributed by atoms with Crippen LogP contribution in [-0.2, 0) is 20.2 Å². The van der Waals surface area contributed by atoms with Crippen LogP contribution in [0.25, 0.3) is 5.69 Å². The van der Waals surface area contributed by atoms with Gasteiger partial charge in [0.05, 0.1) is 22.8 Å². The first kappa shape index (κ1) is 26.6. The van der Waals surface area contributed by atoms with E-state index >= 15 is 0 Å². The molecule has 0 radical (unpaired) electrons. The largest absolute Gasteiger partial charge is 0.309 e. The van der Waals surface area contributed by atoms with Gasteiger partial charge in [0.2, 0.25) is 15.9 Å². The number of benzene rings is 2. The van der Waals surface area contributed by atoms with Gasteiger partial charge in [-0.3, -0.25) is 4.79 Å². The molecule has 7 nitrogen and oxygen atoms in total. The molecule has 1 heterocycles. The zero-order valence-corrected chi connectivity index (χ0v) is 22.7. The Morgan fingerprint density at radius 1 is 1.06 bits per heavy atom. The van der Waals surface area contributed by atoms with Crippen LogP contribution >= 0.6 is 0 Å². The van der Waals surface area contributed by atoms with Crippen molar-refractivity contribution >= 4 is 21.7 Å². The first-order valence-corrected chi connectivity index (χ1v) is 13.2. The van der Waals surface area contributed by atoms with Crippen molar-refractivity contribution in [3.05, 3.63) is 70.9 Å². The summed E-state index contributed by atoms with van der Waals surface area (Å²) in [6.45, 7) is 15.3. The van der Waals surface area contributed by atoms with Gasteiger partial charge in [-0.1, -0.05) is 50.6 Å². The highest BCUT2D eigenvalue weighted by atomic mass is 32.2. The van der Waals surface area contributed by atoms with Crippen LogP contribution in [0.15, 0.2) is 53.4 Å².